The molecule has 6 nitrogen and oxygen atoms in total. The predicted molar refractivity (Wildman–Crippen MR) is 52.0 cm³/mol. The molecule has 2 rings (SSSR count). The number of nitrogens with zero attached hydrogens (tertiary/aromatic N) is 2. The van der Waals surface area contributed by atoms with Crippen molar-refractivity contribution in [2.45, 2.75) is 6.04 Å². The van der Waals surface area contributed by atoms with Gasteiger partial charge in [0.25, 0.3) is 0 Å². The van der Waals surface area contributed by atoms with E-state index in [4.69, 9.17) is 5.11 Å². The van der Waals surface area contributed by atoms with Gasteiger partial charge in [-0.1, -0.05) is 0 Å². The summed E-state index contributed by atoms with van der Waals surface area (Å²) in [7, 11) is 0. The van der Waals surface area contributed by atoms with Crippen LogP contribution in [0.5, 0.6) is 0 Å². The van der Waals surface area contributed by atoms with E-state index in [-0.39, 0.29) is 19.2 Å². The molecule has 0 bridgehead atoms. The fraction of sp³-hybridized carbons (Fsp3) is 0.778. The van der Waals surface area contributed by atoms with Gasteiger partial charge in [-0.25, -0.2) is 0 Å². The van der Waals surface area contributed by atoms with Crippen LogP contribution in [0.4, 0.5) is 0 Å². The molecule has 15 heavy (non-hydrogen) atoms. The fourth-order valence-electron chi connectivity index (χ4n) is 2.10. The van der Waals surface area contributed by atoms with Crippen LogP contribution >= 0.6 is 0 Å². The van der Waals surface area contributed by atoms with Crippen molar-refractivity contribution < 1.29 is 14.7 Å². The molecule has 2 fully saturated rings. The minimum atomic E-state index is -0.484. The number of carbonyl (C=O) groups excluding carboxylic acids is 2. The Morgan fingerprint density at radius 3 is 2.93 bits per heavy atom. The number of amides is 2. The Kier molecular flexibility index (Phi) is 2.88. The number of β-amino-alcohol motifs (C(OH)–C–C–N with tert-alkyl or cyclic N) is 1. The summed E-state index contributed by atoms with van der Waals surface area (Å²) in [6.07, 6.45) is 0. The summed E-state index contributed by atoms with van der Waals surface area (Å²) < 4.78 is 0. The van der Waals surface area contributed by atoms with E-state index in [1.807, 2.05) is 0 Å². The molecule has 0 aromatic heterocycles. The van der Waals surface area contributed by atoms with Gasteiger partial charge in [-0.15, -0.1) is 0 Å². The smallest absolute Gasteiger partial charge is 0.312 e. The summed E-state index contributed by atoms with van der Waals surface area (Å²) in [6.45, 7) is 2.74. The number of hydrogen-bond donors (Lipinski definition) is 2. The Balaban J connectivity index is 2.10. The van der Waals surface area contributed by atoms with E-state index >= 15 is 0 Å². The Hall–Kier alpha value is -1.14. The van der Waals surface area contributed by atoms with Crippen LogP contribution in [0.15, 0.2) is 0 Å². The summed E-state index contributed by atoms with van der Waals surface area (Å²) in [5.74, 6) is -0.914. The molecule has 6 heteroatoms. The predicted octanol–water partition coefficient (Wildman–Crippen LogP) is -2.38. The maximum Gasteiger partial charge on any atom is 0.312 e. The van der Waals surface area contributed by atoms with Gasteiger partial charge in [0.1, 0.15) is 0 Å². The first kappa shape index (κ1) is 10.4. The number of aliphatic hydroxyl groups is 1. The van der Waals surface area contributed by atoms with E-state index < -0.39 is 11.8 Å². The maximum atomic E-state index is 11.7. The number of carbonyl (C=O) groups is 2. The van der Waals surface area contributed by atoms with Crippen molar-refractivity contribution in [2.24, 2.45) is 0 Å². The molecule has 2 aliphatic rings. The average Bonchev–Trinajstić information content (AvgIpc) is 2.26. The number of fused-ring (bicyclic) bond motifs is 1. The molecule has 0 radical (unpaired) electrons. The second kappa shape index (κ2) is 4.16. The van der Waals surface area contributed by atoms with Crippen LogP contribution in [0, 0.1) is 0 Å². The van der Waals surface area contributed by atoms with Gasteiger partial charge in [0.05, 0.1) is 12.6 Å². The summed E-state index contributed by atoms with van der Waals surface area (Å²) >= 11 is 0. The lowest BCUT2D eigenvalue weighted by atomic mass is 10.1. The lowest BCUT2D eigenvalue weighted by molar-refractivity contribution is -0.160. The number of piperazine rings is 2. The Morgan fingerprint density at radius 2 is 2.20 bits per heavy atom. The first-order valence-electron chi connectivity index (χ1n) is 5.15. The van der Waals surface area contributed by atoms with Gasteiger partial charge in [0, 0.05) is 32.7 Å². The van der Waals surface area contributed by atoms with E-state index in [9.17, 15) is 9.59 Å². The Labute approximate surface area is 87.8 Å². The van der Waals surface area contributed by atoms with E-state index in [2.05, 4.69) is 5.32 Å². The van der Waals surface area contributed by atoms with Crippen molar-refractivity contribution in [3.8, 4) is 0 Å². The highest BCUT2D eigenvalue weighted by Crippen LogP contribution is 2.13. The van der Waals surface area contributed by atoms with Crippen molar-refractivity contribution in [3.63, 3.8) is 0 Å². The zero-order valence-corrected chi connectivity index (χ0v) is 8.48. The highest BCUT2D eigenvalue weighted by molar-refractivity contribution is 6.35. The van der Waals surface area contributed by atoms with Crippen LogP contribution in [-0.2, 0) is 9.59 Å². The molecule has 2 N–H and O–H groups in total. The number of aliphatic hydroxyl groups excluding tert-OH is 1. The third-order valence-electron chi connectivity index (χ3n) is 2.88. The molecular weight excluding hydrogens is 198 g/mol. The van der Waals surface area contributed by atoms with E-state index in [1.165, 1.54) is 4.90 Å². The fourth-order valence-corrected chi connectivity index (χ4v) is 2.10. The largest absolute Gasteiger partial charge is 0.395 e. The molecule has 0 aromatic carbocycles. The van der Waals surface area contributed by atoms with Crippen molar-refractivity contribution >= 4 is 11.8 Å². The van der Waals surface area contributed by atoms with Crippen LogP contribution in [0.25, 0.3) is 0 Å². The Morgan fingerprint density at radius 1 is 1.40 bits per heavy atom. The van der Waals surface area contributed by atoms with Crippen LogP contribution in [0.3, 0.4) is 0 Å². The summed E-state index contributed by atoms with van der Waals surface area (Å²) in [6, 6.07) is 0.0653. The van der Waals surface area contributed by atoms with Crippen molar-refractivity contribution in [2.75, 3.05) is 39.3 Å². The Bertz CT molecular complexity index is 282. The lowest BCUT2D eigenvalue weighted by Crippen LogP contribution is -2.65. The molecule has 2 saturated heterocycles. The van der Waals surface area contributed by atoms with Crippen LogP contribution < -0.4 is 5.32 Å². The second-order valence-corrected chi connectivity index (χ2v) is 3.83. The highest BCUT2D eigenvalue weighted by atomic mass is 16.3. The highest BCUT2D eigenvalue weighted by Gasteiger charge is 2.39. The van der Waals surface area contributed by atoms with E-state index in [1.54, 1.807) is 4.90 Å². The standard InChI is InChI=1S/C9H15N3O3/c13-4-3-11-6-7-5-10-1-2-12(7)9(15)8(11)14/h7,10,13H,1-6H2. The molecule has 1 unspecified atom stereocenters. The molecule has 2 amide bonds. The molecule has 0 saturated carbocycles. The zero-order chi connectivity index (χ0) is 10.8. The summed E-state index contributed by atoms with van der Waals surface area (Å²) in [4.78, 5) is 26.3. The summed E-state index contributed by atoms with van der Waals surface area (Å²) in [5.41, 5.74) is 0. The van der Waals surface area contributed by atoms with Crippen molar-refractivity contribution in [1.29, 1.82) is 0 Å². The third kappa shape index (κ3) is 1.82. The van der Waals surface area contributed by atoms with Gasteiger partial charge >= 0.3 is 11.8 Å². The number of hydrogen-bond acceptors (Lipinski definition) is 4. The third-order valence-corrected chi connectivity index (χ3v) is 2.88. The zero-order valence-electron chi connectivity index (χ0n) is 8.48. The minimum absolute atomic E-state index is 0.0653. The van der Waals surface area contributed by atoms with Gasteiger partial charge in [-0.05, 0) is 0 Å². The summed E-state index contributed by atoms with van der Waals surface area (Å²) in [5, 5.41) is 12.0. The molecule has 0 aromatic rings. The minimum Gasteiger partial charge on any atom is -0.395 e. The number of nitrogens with one attached hydrogen (secondary N) is 1. The number of rotatable bonds is 2. The molecule has 84 valence electrons. The van der Waals surface area contributed by atoms with Crippen LogP contribution in [-0.4, -0.2) is 72.1 Å². The van der Waals surface area contributed by atoms with Crippen molar-refractivity contribution in [3.05, 3.63) is 0 Å². The normalized spacial score (nSPS) is 26.9. The molecule has 0 aliphatic carbocycles. The van der Waals surface area contributed by atoms with Gasteiger partial charge in [-0.3, -0.25) is 9.59 Å². The molecule has 1 atom stereocenters. The SMILES string of the molecule is O=C1C(=O)N2CCNCC2CN1CCO. The monoisotopic (exact) mass is 213 g/mol. The molecule has 2 heterocycles. The van der Waals surface area contributed by atoms with Gasteiger partial charge in [-0.2, -0.15) is 0 Å². The molecule has 2 aliphatic heterocycles. The van der Waals surface area contributed by atoms with Crippen molar-refractivity contribution in [1.82, 2.24) is 15.1 Å². The average molecular weight is 213 g/mol. The van der Waals surface area contributed by atoms with Gasteiger partial charge < -0.3 is 20.2 Å². The van der Waals surface area contributed by atoms with Gasteiger partial charge in [0.15, 0.2) is 0 Å². The first-order valence-corrected chi connectivity index (χ1v) is 5.15. The topological polar surface area (TPSA) is 72.9 Å². The first-order chi connectivity index (χ1) is 7.24. The van der Waals surface area contributed by atoms with Crippen LogP contribution in [0.1, 0.15) is 0 Å². The maximum absolute atomic E-state index is 11.7. The quantitative estimate of drug-likeness (QED) is 0.502. The second-order valence-electron chi connectivity index (χ2n) is 3.83. The lowest BCUT2D eigenvalue weighted by Gasteiger charge is -2.43. The van der Waals surface area contributed by atoms with E-state index in [0.717, 1.165) is 13.1 Å². The van der Waals surface area contributed by atoms with E-state index in [0.29, 0.717) is 13.1 Å². The van der Waals surface area contributed by atoms with Crippen LogP contribution in [0.2, 0.25) is 0 Å². The van der Waals surface area contributed by atoms with Gasteiger partial charge in [0.2, 0.25) is 0 Å². The molecular formula is C9H15N3O3. The molecule has 0 spiro atoms.